The van der Waals surface area contributed by atoms with Crippen molar-refractivity contribution in [2.75, 3.05) is 0 Å². The number of nitrogens with zero attached hydrogens (tertiary/aromatic N) is 4. The molecule has 2 heterocycles. The molecule has 0 saturated heterocycles. The molecule has 0 N–H and O–H groups in total. The number of rotatable bonds is 2. The number of aromatic nitrogens is 2. The lowest BCUT2D eigenvalue weighted by Crippen LogP contribution is -2.23. The third kappa shape index (κ3) is 3.75. The first kappa shape index (κ1) is 27.5. The zero-order valence-electron chi connectivity index (χ0n) is 26.7. The van der Waals surface area contributed by atoms with Gasteiger partial charge in [-0.15, -0.1) is 0 Å². The van der Waals surface area contributed by atoms with Crippen LogP contribution in [0, 0.1) is 34.5 Å². The van der Waals surface area contributed by atoms with Gasteiger partial charge in [-0.05, 0) is 76.9 Å². The highest BCUT2D eigenvalue weighted by Gasteiger charge is 2.41. The predicted molar refractivity (Wildman–Crippen MR) is 195 cm³/mol. The second-order valence-electron chi connectivity index (χ2n) is 14.1. The third-order valence-electron chi connectivity index (χ3n) is 11.8. The molecule has 5 atom stereocenters. The average molecular weight is 619 g/mol. The molecule has 0 aliphatic heterocycles. The van der Waals surface area contributed by atoms with E-state index in [1.807, 2.05) is 6.08 Å². The van der Waals surface area contributed by atoms with Gasteiger partial charge in [-0.25, -0.2) is 0 Å². The molecule has 5 unspecified atom stereocenters. The zero-order chi connectivity index (χ0) is 31.9. The Kier molecular flexibility index (Phi) is 6.00. The van der Waals surface area contributed by atoms with Gasteiger partial charge in [0.2, 0.25) is 0 Å². The fourth-order valence-electron chi connectivity index (χ4n) is 9.72. The molecule has 2 aromatic heterocycles. The molecule has 4 heteroatoms. The van der Waals surface area contributed by atoms with Gasteiger partial charge in [0.25, 0.3) is 0 Å². The van der Waals surface area contributed by atoms with E-state index < -0.39 is 0 Å². The van der Waals surface area contributed by atoms with Crippen LogP contribution in [0.15, 0.2) is 114 Å². The Morgan fingerprint density at radius 1 is 0.708 bits per heavy atom. The number of para-hydroxylation sites is 1. The van der Waals surface area contributed by atoms with Gasteiger partial charge >= 0.3 is 0 Å². The number of nitriles is 2. The predicted octanol–water partition coefficient (Wildman–Crippen LogP) is 10.7. The number of hydrogen-bond donors (Lipinski definition) is 0. The number of allylic oxidation sites excluding steroid dienone is 10. The molecule has 230 valence electrons. The fourth-order valence-corrected chi connectivity index (χ4v) is 9.72. The minimum atomic E-state index is -0.256. The Morgan fingerprint density at radius 3 is 2.40 bits per heavy atom. The van der Waals surface area contributed by atoms with Crippen LogP contribution in [0.3, 0.4) is 0 Å². The van der Waals surface area contributed by atoms with E-state index in [1.165, 1.54) is 64.4 Å². The van der Waals surface area contributed by atoms with Gasteiger partial charge in [0.15, 0.2) is 0 Å². The average Bonchev–Trinajstić information content (AvgIpc) is 3.68. The molecule has 3 aromatic carbocycles. The fraction of sp³-hybridized carbons (Fsp3) is 0.227. The SMILES string of the molecule is N#CC1=CC(n2c3ccccc3c3c4ccccc4ccc32)=C(C#N)CC1n1c2c(c3c1C=CC1CCCCC31)C1C=CC=CC1C=C2. The minimum absolute atomic E-state index is 0.256. The van der Waals surface area contributed by atoms with Crippen LogP contribution >= 0.6 is 0 Å². The molecule has 0 spiro atoms. The van der Waals surface area contributed by atoms with E-state index in [1.54, 1.807) is 0 Å². The Hall–Kier alpha value is -5.58. The maximum atomic E-state index is 10.9. The van der Waals surface area contributed by atoms with Gasteiger partial charge in [0, 0.05) is 40.4 Å². The first-order valence-corrected chi connectivity index (χ1v) is 17.4. The van der Waals surface area contributed by atoms with Crippen LogP contribution in [0.25, 0.3) is 50.4 Å². The molecule has 0 bridgehead atoms. The van der Waals surface area contributed by atoms with Crippen molar-refractivity contribution in [1.82, 2.24) is 9.13 Å². The Balaban J connectivity index is 1.19. The largest absolute Gasteiger partial charge is 0.332 e. The van der Waals surface area contributed by atoms with Gasteiger partial charge in [-0.3, -0.25) is 0 Å². The Labute approximate surface area is 280 Å². The van der Waals surface area contributed by atoms with Gasteiger partial charge in [-0.1, -0.05) is 97.8 Å². The monoisotopic (exact) mass is 618 g/mol. The normalized spacial score (nSPS) is 25.4. The molecule has 0 amide bonds. The van der Waals surface area contributed by atoms with E-state index in [9.17, 15) is 10.5 Å². The van der Waals surface area contributed by atoms with Crippen LogP contribution in [0.5, 0.6) is 0 Å². The van der Waals surface area contributed by atoms with Gasteiger partial charge in [-0.2, -0.15) is 10.5 Å². The summed E-state index contributed by atoms with van der Waals surface area (Å²) in [7, 11) is 0. The summed E-state index contributed by atoms with van der Waals surface area (Å²) >= 11 is 0. The second-order valence-corrected chi connectivity index (χ2v) is 14.1. The smallest absolute Gasteiger partial charge is 0.0970 e. The van der Waals surface area contributed by atoms with Crippen LogP contribution in [-0.4, -0.2) is 9.13 Å². The van der Waals surface area contributed by atoms with Crippen LogP contribution in [0.2, 0.25) is 0 Å². The standard InChI is InChI=1S/C44H34N4/c45-25-30-24-41(48-38-21-18-28-10-2-5-13-33(28)43(38)44-34-14-6-3-11-29(34)19-22-39(44)48)31(26-46)23-40(30)47-36-16-8-7-15-35(36)42-32-12-4-1-9-27(32)17-20-37(42)47/h1-2,4-5,7-10,12-13,15-23,28-29,33-34,41H,3,6,11,14,24H2. The first-order chi connectivity index (χ1) is 23.7. The van der Waals surface area contributed by atoms with E-state index in [0.717, 1.165) is 22.1 Å². The molecule has 5 aromatic rings. The summed E-state index contributed by atoms with van der Waals surface area (Å²) < 4.78 is 4.66. The first-order valence-electron chi connectivity index (χ1n) is 17.4. The second kappa shape index (κ2) is 10.5. The number of fused-ring (bicyclic) bond motifs is 12. The molecule has 10 rings (SSSR count). The number of benzene rings is 3. The molecule has 48 heavy (non-hydrogen) atoms. The van der Waals surface area contributed by atoms with Crippen LogP contribution in [-0.2, 0) is 0 Å². The molecule has 5 aliphatic carbocycles. The molecule has 1 fully saturated rings. The van der Waals surface area contributed by atoms with Gasteiger partial charge in [0.05, 0.1) is 46.1 Å². The highest BCUT2D eigenvalue weighted by Crippen LogP contribution is 2.54. The van der Waals surface area contributed by atoms with Crippen molar-refractivity contribution >= 4 is 50.4 Å². The lowest BCUT2D eigenvalue weighted by molar-refractivity contribution is 0.356. The van der Waals surface area contributed by atoms with Crippen molar-refractivity contribution in [2.24, 2.45) is 11.8 Å². The highest BCUT2D eigenvalue weighted by molar-refractivity contribution is 6.22. The van der Waals surface area contributed by atoms with Crippen molar-refractivity contribution in [3.05, 3.63) is 137 Å². The number of hydrogen-bond acceptors (Lipinski definition) is 2. The summed E-state index contributed by atoms with van der Waals surface area (Å²) in [6.45, 7) is 0. The minimum Gasteiger partial charge on any atom is -0.332 e. The lowest BCUT2D eigenvalue weighted by atomic mass is 9.68. The Bertz CT molecular complexity index is 2490. The quantitative estimate of drug-likeness (QED) is 0.198. The summed E-state index contributed by atoms with van der Waals surface area (Å²) in [5, 5.41) is 26.4. The summed E-state index contributed by atoms with van der Waals surface area (Å²) in [5.74, 6) is 1.72. The van der Waals surface area contributed by atoms with Crippen molar-refractivity contribution in [1.29, 1.82) is 10.5 Å². The van der Waals surface area contributed by atoms with Crippen molar-refractivity contribution in [3.63, 3.8) is 0 Å². The zero-order valence-corrected chi connectivity index (χ0v) is 26.7. The molecule has 1 saturated carbocycles. The van der Waals surface area contributed by atoms with Crippen molar-refractivity contribution in [2.45, 2.75) is 50.0 Å². The topological polar surface area (TPSA) is 57.4 Å². The summed E-state index contributed by atoms with van der Waals surface area (Å²) in [5.41, 5.74) is 9.71. The van der Waals surface area contributed by atoms with E-state index in [4.69, 9.17) is 0 Å². The highest BCUT2D eigenvalue weighted by atomic mass is 15.1. The van der Waals surface area contributed by atoms with Gasteiger partial charge < -0.3 is 9.13 Å². The molecule has 5 aliphatic rings. The molecular formula is C44H34N4. The molecular weight excluding hydrogens is 585 g/mol. The molecule has 0 radical (unpaired) electrons. The lowest BCUT2D eigenvalue weighted by Gasteiger charge is -2.35. The van der Waals surface area contributed by atoms with E-state index in [0.29, 0.717) is 41.2 Å². The molecule has 4 nitrogen and oxygen atoms in total. The Morgan fingerprint density at radius 2 is 1.50 bits per heavy atom. The summed E-state index contributed by atoms with van der Waals surface area (Å²) in [6.07, 6.45) is 26.0. The van der Waals surface area contributed by atoms with Crippen molar-refractivity contribution < 1.29 is 0 Å². The maximum Gasteiger partial charge on any atom is 0.0970 e. The van der Waals surface area contributed by atoms with Crippen LogP contribution in [0.4, 0.5) is 0 Å². The van der Waals surface area contributed by atoms with Crippen LogP contribution in [0.1, 0.15) is 72.5 Å². The summed E-state index contributed by atoms with van der Waals surface area (Å²) in [4.78, 5) is 0. The third-order valence-corrected chi connectivity index (χ3v) is 11.8. The van der Waals surface area contributed by atoms with E-state index in [2.05, 4.69) is 131 Å². The summed E-state index contributed by atoms with van der Waals surface area (Å²) in [6, 6.07) is 26.3. The van der Waals surface area contributed by atoms with Gasteiger partial charge in [0.1, 0.15) is 0 Å². The van der Waals surface area contributed by atoms with Crippen LogP contribution < -0.4 is 0 Å². The van der Waals surface area contributed by atoms with E-state index >= 15 is 0 Å². The maximum absolute atomic E-state index is 10.9. The van der Waals surface area contributed by atoms with E-state index in [-0.39, 0.29) is 6.04 Å². The van der Waals surface area contributed by atoms with Crippen molar-refractivity contribution in [3.8, 4) is 12.1 Å².